The van der Waals surface area contributed by atoms with Crippen LogP contribution < -0.4 is 5.32 Å². The normalized spacial score (nSPS) is 12.8. The molecule has 0 aliphatic heterocycles. The second-order valence-corrected chi connectivity index (χ2v) is 9.73. The van der Waals surface area contributed by atoms with Crippen molar-refractivity contribution in [3.8, 4) is 0 Å². The predicted molar refractivity (Wildman–Crippen MR) is 145 cm³/mol. The van der Waals surface area contributed by atoms with Crippen molar-refractivity contribution < 1.29 is 18.7 Å². The van der Waals surface area contributed by atoms with Crippen molar-refractivity contribution in [3.05, 3.63) is 136 Å². The molecule has 7 heteroatoms. The Kier molecular flexibility index (Phi) is 7.54. The highest BCUT2D eigenvalue weighted by Crippen LogP contribution is 2.28. The number of furan rings is 1. The smallest absolute Gasteiger partial charge is 0.225 e. The molecular formula is C31H26ClFN2O3. The predicted octanol–water partition coefficient (Wildman–Crippen LogP) is 6.65. The van der Waals surface area contributed by atoms with E-state index in [4.69, 9.17) is 16.0 Å². The quantitative estimate of drug-likeness (QED) is 0.236. The lowest BCUT2D eigenvalue weighted by molar-refractivity contribution is -0.120. The fraction of sp³-hybridized carbons (Fsp3) is 0.161. The van der Waals surface area contributed by atoms with Gasteiger partial charge in [0.2, 0.25) is 5.91 Å². The number of benzene rings is 3. The van der Waals surface area contributed by atoms with Crippen LogP contribution in [0.25, 0.3) is 11.0 Å². The van der Waals surface area contributed by atoms with Gasteiger partial charge in [-0.3, -0.25) is 9.78 Å². The van der Waals surface area contributed by atoms with Crippen LogP contribution in [0, 0.1) is 12.7 Å². The zero-order valence-electron chi connectivity index (χ0n) is 20.7. The molecule has 3 aromatic carbocycles. The zero-order chi connectivity index (χ0) is 26.6. The number of pyridine rings is 1. The highest BCUT2D eigenvalue weighted by Gasteiger charge is 2.20. The SMILES string of the molecule is Cc1cc(Cl)ccc1C(NC(=O)Cc1ccc2oc(CC(O)c3ccncc3F)cc2c1)c1ccccc1. The molecule has 0 bridgehead atoms. The third-order valence-corrected chi connectivity index (χ3v) is 6.77. The van der Waals surface area contributed by atoms with Crippen LogP contribution in [0.5, 0.6) is 0 Å². The number of carbonyl (C=O) groups is 1. The summed E-state index contributed by atoms with van der Waals surface area (Å²) in [6, 6.07) is 24.0. The fourth-order valence-electron chi connectivity index (χ4n) is 4.66. The van der Waals surface area contributed by atoms with Gasteiger partial charge in [-0.1, -0.05) is 54.1 Å². The first kappa shape index (κ1) is 25.6. The van der Waals surface area contributed by atoms with E-state index >= 15 is 0 Å². The van der Waals surface area contributed by atoms with E-state index in [1.165, 1.54) is 12.3 Å². The average Bonchev–Trinajstić information content (AvgIpc) is 3.30. The highest BCUT2D eigenvalue weighted by atomic mass is 35.5. The average molecular weight is 529 g/mol. The van der Waals surface area contributed by atoms with Gasteiger partial charge in [-0.25, -0.2) is 4.39 Å². The van der Waals surface area contributed by atoms with Crippen molar-refractivity contribution in [1.29, 1.82) is 0 Å². The van der Waals surface area contributed by atoms with Crippen molar-refractivity contribution in [2.75, 3.05) is 0 Å². The monoisotopic (exact) mass is 528 g/mol. The van der Waals surface area contributed by atoms with Gasteiger partial charge in [-0.2, -0.15) is 0 Å². The molecule has 2 atom stereocenters. The third kappa shape index (κ3) is 5.77. The molecular weight excluding hydrogens is 503 g/mol. The largest absolute Gasteiger partial charge is 0.461 e. The molecule has 0 spiro atoms. The number of aryl methyl sites for hydroxylation is 1. The Morgan fingerprint density at radius 3 is 2.63 bits per heavy atom. The summed E-state index contributed by atoms with van der Waals surface area (Å²) < 4.78 is 19.8. The second kappa shape index (κ2) is 11.2. The van der Waals surface area contributed by atoms with E-state index in [-0.39, 0.29) is 30.4 Å². The van der Waals surface area contributed by atoms with Crippen LogP contribution in [0.15, 0.2) is 95.7 Å². The van der Waals surface area contributed by atoms with Gasteiger partial charge in [-0.05, 0) is 65.6 Å². The maximum Gasteiger partial charge on any atom is 0.225 e. The third-order valence-electron chi connectivity index (χ3n) is 6.53. The van der Waals surface area contributed by atoms with Crippen LogP contribution in [0.3, 0.4) is 0 Å². The van der Waals surface area contributed by atoms with Gasteiger partial charge in [0.25, 0.3) is 0 Å². The summed E-state index contributed by atoms with van der Waals surface area (Å²) in [5.74, 6) is -0.167. The highest BCUT2D eigenvalue weighted by molar-refractivity contribution is 6.30. The molecule has 0 saturated carbocycles. The van der Waals surface area contributed by atoms with Crippen molar-refractivity contribution in [3.63, 3.8) is 0 Å². The number of amides is 1. The maximum atomic E-state index is 14.0. The lowest BCUT2D eigenvalue weighted by Gasteiger charge is -2.22. The van der Waals surface area contributed by atoms with Crippen LogP contribution >= 0.6 is 11.6 Å². The molecule has 2 N–H and O–H groups in total. The molecule has 5 nitrogen and oxygen atoms in total. The molecule has 0 saturated heterocycles. The summed E-state index contributed by atoms with van der Waals surface area (Å²) in [5, 5.41) is 15.1. The Morgan fingerprint density at radius 1 is 1.05 bits per heavy atom. The van der Waals surface area contributed by atoms with Crippen LogP contribution in [0.2, 0.25) is 5.02 Å². The zero-order valence-corrected chi connectivity index (χ0v) is 21.5. The number of fused-ring (bicyclic) bond motifs is 1. The number of nitrogens with zero attached hydrogens (tertiary/aromatic N) is 1. The Labute approximate surface area is 224 Å². The Morgan fingerprint density at radius 2 is 1.87 bits per heavy atom. The van der Waals surface area contributed by atoms with Crippen molar-refractivity contribution in [2.45, 2.75) is 31.9 Å². The van der Waals surface area contributed by atoms with Gasteiger partial charge in [-0.15, -0.1) is 0 Å². The number of rotatable bonds is 8. The lowest BCUT2D eigenvalue weighted by atomic mass is 9.94. The number of hydrogen-bond acceptors (Lipinski definition) is 4. The molecule has 38 heavy (non-hydrogen) atoms. The number of aliphatic hydroxyl groups excluding tert-OH is 1. The summed E-state index contributed by atoms with van der Waals surface area (Å²) >= 11 is 6.17. The van der Waals surface area contributed by atoms with Crippen molar-refractivity contribution in [2.24, 2.45) is 0 Å². The van der Waals surface area contributed by atoms with E-state index in [0.29, 0.717) is 16.4 Å². The summed E-state index contributed by atoms with van der Waals surface area (Å²) in [6.07, 6.45) is 1.75. The van der Waals surface area contributed by atoms with E-state index in [2.05, 4.69) is 10.3 Å². The van der Waals surface area contributed by atoms with E-state index in [0.717, 1.165) is 33.8 Å². The van der Waals surface area contributed by atoms with Gasteiger partial charge in [0.05, 0.1) is 24.8 Å². The van der Waals surface area contributed by atoms with Crippen LogP contribution in [-0.2, 0) is 17.6 Å². The van der Waals surface area contributed by atoms with Crippen LogP contribution in [-0.4, -0.2) is 16.0 Å². The Hall–Kier alpha value is -4.00. The second-order valence-electron chi connectivity index (χ2n) is 9.29. The van der Waals surface area contributed by atoms with Crippen LogP contribution in [0.4, 0.5) is 4.39 Å². The molecule has 0 aliphatic rings. The molecule has 0 radical (unpaired) electrons. The summed E-state index contributed by atoms with van der Waals surface area (Å²) in [5.41, 5.74) is 4.57. The number of aliphatic hydroxyl groups is 1. The Balaban J connectivity index is 1.32. The summed E-state index contributed by atoms with van der Waals surface area (Å²) in [6.45, 7) is 1.98. The number of hydrogen-bond donors (Lipinski definition) is 2. The number of nitrogens with one attached hydrogen (secondary N) is 1. The van der Waals surface area contributed by atoms with E-state index < -0.39 is 11.9 Å². The maximum absolute atomic E-state index is 14.0. The van der Waals surface area contributed by atoms with Gasteiger partial charge in [0.15, 0.2) is 0 Å². The van der Waals surface area contributed by atoms with Gasteiger partial charge in [0.1, 0.15) is 17.2 Å². The van der Waals surface area contributed by atoms with Gasteiger partial charge < -0.3 is 14.8 Å². The molecule has 2 unspecified atom stereocenters. The summed E-state index contributed by atoms with van der Waals surface area (Å²) in [7, 11) is 0. The number of aromatic nitrogens is 1. The molecule has 5 rings (SSSR count). The summed E-state index contributed by atoms with van der Waals surface area (Å²) in [4.78, 5) is 16.9. The van der Waals surface area contributed by atoms with E-state index in [1.54, 1.807) is 6.07 Å². The minimum absolute atomic E-state index is 0.116. The lowest BCUT2D eigenvalue weighted by Crippen LogP contribution is -2.31. The van der Waals surface area contributed by atoms with Crippen LogP contribution in [0.1, 0.15) is 45.7 Å². The number of carbonyl (C=O) groups excluding carboxylic acids is 1. The number of halogens is 2. The van der Waals surface area contributed by atoms with E-state index in [1.807, 2.05) is 73.7 Å². The standard InChI is InChI=1S/C31H26ClFN2O3/c1-19-13-23(32)8-9-25(19)31(21-5-3-2-4-6-21)35-30(37)15-20-7-10-29-22(14-20)16-24(38-29)17-28(36)26-11-12-34-18-27(26)33/h2-14,16,18,28,31,36H,15,17H2,1H3,(H,35,37). The van der Waals surface area contributed by atoms with E-state index in [9.17, 15) is 14.3 Å². The van der Waals surface area contributed by atoms with Gasteiger partial charge in [0, 0.05) is 28.6 Å². The first-order valence-electron chi connectivity index (χ1n) is 12.3. The topological polar surface area (TPSA) is 75.4 Å². The fourth-order valence-corrected chi connectivity index (χ4v) is 4.89. The molecule has 192 valence electrons. The first-order valence-corrected chi connectivity index (χ1v) is 12.6. The van der Waals surface area contributed by atoms with Crippen molar-refractivity contribution >= 4 is 28.5 Å². The minimum atomic E-state index is -1.06. The van der Waals surface area contributed by atoms with Gasteiger partial charge >= 0.3 is 0 Å². The van der Waals surface area contributed by atoms with Crippen molar-refractivity contribution in [1.82, 2.24) is 10.3 Å². The molecule has 1 amide bonds. The molecule has 0 aliphatic carbocycles. The Bertz CT molecular complexity index is 1590. The molecule has 0 fully saturated rings. The minimum Gasteiger partial charge on any atom is -0.461 e. The first-order chi connectivity index (χ1) is 18.4. The molecule has 2 aromatic heterocycles. The molecule has 5 aromatic rings. The molecule has 2 heterocycles.